The molecule has 0 aromatic heterocycles. The number of hydrogen-bond donors (Lipinski definition) is 1. The summed E-state index contributed by atoms with van der Waals surface area (Å²) in [6.07, 6.45) is 5.90. The molecule has 0 bridgehead atoms. The summed E-state index contributed by atoms with van der Waals surface area (Å²) in [4.78, 5) is 0. The van der Waals surface area contributed by atoms with E-state index in [1.165, 1.54) is 6.42 Å². The third-order valence-electron chi connectivity index (χ3n) is 4.15. The van der Waals surface area contributed by atoms with Crippen molar-refractivity contribution in [1.82, 2.24) is 4.31 Å². The maximum absolute atomic E-state index is 12.6. The SMILES string of the molecule is CCCN(C1(CN)CCCCC1)S(=O)(=O)CCOCC. The first-order valence-electron chi connectivity index (χ1n) is 7.80. The van der Waals surface area contributed by atoms with E-state index in [-0.39, 0.29) is 17.9 Å². The van der Waals surface area contributed by atoms with E-state index in [1.807, 2.05) is 13.8 Å². The Bertz CT molecular complexity index is 365. The second-order valence-corrected chi connectivity index (χ2v) is 7.59. The van der Waals surface area contributed by atoms with Gasteiger partial charge >= 0.3 is 0 Å². The number of sulfonamides is 1. The lowest BCUT2D eigenvalue weighted by Gasteiger charge is -2.45. The molecule has 6 heteroatoms. The Morgan fingerprint density at radius 1 is 1.20 bits per heavy atom. The zero-order valence-electron chi connectivity index (χ0n) is 12.9. The van der Waals surface area contributed by atoms with Crippen molar-refractivity contribution < 1.29 is 13.2 Å². The number of ether oxygens (including phenoxy) is 1. The van der Waals surface area contributed by atoms with Crippen molar-refractivity contribution in [3.05, 3.63) is 0 Å². The molecule has 0 atom stereocenters. The van der Waals surface area contributed by atoms with Gasteiger partial charge in [-0.2, -0.15) is 4.31 Å². The van der Waals surface area contributed by atoms with Gasteiger partial charge in [-0.3, -0.25) is 0 Å². The highest BCUT2D eigenvalue weighted by atomic mass is 32.2. The Balaban J connectivity index is 2.89. The molecule has 0 spiro atoms. The van der Waals surface area contributed by atoms with Crippen LogP contribution >= 0.6 is 0 Å². The molecule has 120 valence electrons. The number of hydrogen-bond acceptors (Lipinski definition) is 4. The predicted molar refractivity (Wildman–Crippen MR) is 82.1 cm³/mol. The standard InChI is InChI=1S/C14H30N2O3S/c1-3-10-16(20(17,18)12-11-19-4-2)14(13-15)8-6-5-7-9-14/h3-13,15H2,1-2H3. The van der Waals surface area contributed by atoms with Crippen molar-refractivity contribution in [2.75, 3.05) is 32.1 Å². The Morgan fingerprint density at radius 3 is 2.35 bits per heavy atom. The minimum atomic E-state index is -3.30. The summed E-state index contributed by atoms with van der Waals surface area (Å²) < 4.78 is 32.2. The molecular weight excluding hydrogens is 276 g/mol. The van der Waals surface area contributed by atoms with Gasteiger partial charge in [0, 0.05) is 25.2 Å². The lowest BCUT2D eigenvalue weighted by molar-refractivity contribution is 0.131. The van der Waals surface area contributed by atoms with Gasteiger partial charge in [0.25, 0.3) is 0 Å². The van der Waals surface area contributed by atoms with E-state index in [4.69, 9.17) is 10.5 Å². The molecule has 1 aliphatic carbocycles. The monoisotopic (exact) mass is 306 g/mol. The van der Waals surface area contributed by atoms with Crippen LogP contribution in [0, 0.1) is 0 Å². The van der Waals surface area contributed by atoms with E-state index in [1.54, 1.807) is 4.31 Å². The highest BCUT2D eigenvalue weighted by Gasteiger charge is 2.42. The number of nitrogens with two attached hydrogens (primary N) is 1. The van der Waals surface area contributed by atoms with Crippen LogP contribution in [-0.4, -0.2) is 50.3 Å². The van der Waals surface area contributed by atoms with Crippen LogP contribution in [0.25, 0.3) is 0 Å². The van der Waals surface area contributed by atoms with Crippen molar-refractivity contribution in [3.8, 4) is 0 Å². The summed E-state index contributed by atoms with van der Waals surface area (Å²) >= 11 is 0. The Kier molecular flexibility index (Phi) is 7.43. The van der Waals surface area contributed by atoms with E-state index in [0.717, 1.165) is 32.1 Å². The second-order valence-electron chi connectivity index (χ2n) is 5.57. The quantitative estimate of drug-likeness (QED) is 0.658. The van der Waals surface area contributed by atoms with Crippen LogP contribution in [0.4, 0.5) is 0 Å². The fourth-order valence-corrected chi connectivity index (χ4v) is 4.92. The Labute approximate surface area is 123 Å². The van der Waals surface area contributed by atoms with Crippen LogP contribution in [0.3, 0.4) is 0 Å². The first-order valence-corrected chi connectivity index (χ1v) is 9.41. The van der Waals surface area contributed by atoms with E-state index in [9.17, 15) is 8.42 Å². The zero-order chi connectivity index (χ0) is 15.1. The van der Waals surface area contributed by atoms with Gasteiger partial charge in [-0.15, -0.1) is 0 Å². The molecule has 5 nitrogen and oxygen atoms in total. The largest absolute Gasteiger partial charge is 0.381 e. The molecule has 0 unspecified atom stereocenters. The van der Waals surface area contributed by atoms with Gasteiger partial charge in [0.1, 0.15) is 0 Å². The van der Waals surface area contributed by atoms with Crippen molar-refractivity contribution in [1.29, 1.82) is 0 Å². The van der Waals surface area contributed by atoms with Gasteiger partial charge < -0.3 is 10.5 Å². The van der Waals surface area contributed by atoms with E-state index in [2.05, 4.69) is 0 Å². The lowest BCUT2D eigenvalue weighted by Crippen LogP contribution is -2.58. The minimum absolute atomic E-state index is 0.0581. The highest BCUT2D eigenvalue weighted by molar-refractivity contribution is 7.89. The average Bonchev–Trinajstić information content (AvgIpc) is 2.45. The molecule has 1 saturated carbocycles. The third kappa shape index (κ3) is 4.41. The maximum atomic E-state index is 12.6. The summed E-state index contributed by atoms with van der Waals surface area (Å²) in [5.74, 6) is 0.0581. The van der Waals surface area contributed by atoms with Crippen molar-refractivity contribution in [3.63, 3.8) is 0 Å². The van der Waals surface area contributed by atoms with Gasteiger partial charge in [-0.05, 0) is 26.2 Å². The van der Waals surface area contributed by atoms with Crippen molar-refractivity contribution >= 4 is 10.0 Å². The topological polar surface area (TPSA) is 72.6 Å². The van der Waals surface area contributed by atoms with Crippen LogP contribution in [0.1, 0.15) is 52.4 Å². The number of nitrogens with zero attached hydrogens (tertiary/aromatic N) is 1. The Morgan fingerprint density at radius 2 is 1.85 bits per heavy atom. The summed E-state index contributed by atoms with van der Waals surface area (Å²) in [6.45, 7) is 5.68. The molecule has 0 aromatic carbocycles. The summed E-state index contributed by atoms with van der Waals surface area (Å²) in [7, 11) is -3.30. The fraction of sp³-hybridized carbons (Fsp3) is 1.00. The molecule has 1 aliphatic rings. The van der Waals surface area contributed by atoms with Crippen LogP contribution < -0.4 is 5.73 Å². The first kappa shape index (κ1) is 17.9. The van der Waals surface area contributed by atoms with E-state index in [0.29, 0.717) is 19.7 Å². The highest BCUT2D eigenvalue weighted by Crippen LogP contribution is 2.35. The second kappa shape index (κ2) is 8.32. The minimum Gasteiger partial charge on any atom is -0.381 e. The average molecular weight is 306 g/mol. The van der Waals surface area contributed by atoms with Crippen LogP contribution in [0.15, 0.2) is 0 Å². The smallest absolute Gasteiger partial charge is 0.216 e. The first-order chi connectivity index (χ1) is 9.52. The van der Waals surface area contributed by atoms with Crippen LogP contribution in [0.5, 0.6) is 0 Å². The fourth-order valence-electron chi connectivity index (χ4n) is 3.06. The van der Waals surface area contributed by atoms with Gasteiger partial charge in [-0.1, -0.05) is 26.2 Å². The molecule has 20 heavy (non-hydrogen) atoms. The molecule has 0 heterocycles. The molecule has 0 aliphatic heterocycles. The molecule has 0 radical (unpaired) electrons. The summed E-state index contributed by atoms with van der Waals surface area (Å²) in [5, 5.41) is 0. The van der Waals surface area contributed by atoms with Gasteiger partial charge in [0.2, 0.25) is 10.0 Å². The van der Waals surface area contributed by atoms with Crippen molar-refractivity contribution in [2.45, 2.75) is 57.9 Å². The third-order valence-corrected chi connectivity index (χ3v) is 6.07. The molecule has 2 N–H and O–H groups in total. The molecule has 1 fully saturated rings. The van der Waals surface area contributed by atoms with E-state index < -0.39 is 10.0 Å². The van der Waals surface area contributed by atoms with Gasteiger partial charge in [-0.25, -0.2) is 8.42 Å². The Hall–Kier alpha value is -0.170. The zero-order valence-corrected chi connectivity index (χ0v) is 13.8. The lowest BCUT2D eigenvalue weighted by atomic mass is 9.81. The molecular formula is C14H30N2O3S. The van der Waals surface area contributed by atoms with Gasteiger partial charge in [0.05, 0.1) is 12.4 Å². The van der Waals surface area contributed by atoms with Gasteiger partial charge in [0.15, 0.2) is 0 Å². The summed E-state index contributed by atoms with van der Waals surface area (Å²) in [6, 6.07) is 0. The normalized spacial score (nSPS) is 19.4. The predicted octanol–water partition coefficient (Wildman–Crippen LogP) is 1.73. The van der Waals surface area contributed by atoms with Crippen LogP contribution in [-0.2, 0) is 14.8 Å². The van der Waals surface area contributed by atoms with Crippen LogP contribution in [0.2, 0.25) is 0 Å². The van der Waals surface area contributed by atoms with E-state index >= 15 is 0 Å². The molecule has 0 aromatic rings. The molecule has 1 rings (SSSR count). The summed E-state index contributed by atoms with van der Waals surface area (Å²) in [5.41, 5.74) is 5.62. The van der Waals surface area contributed by atoms with Crippen molar-refractivity contribution in [2.24, 2.45) is 5.73 Å². The molecule has 0 saturated heterocycles. The molecule has 0 amide bonds. The number of rotatable bonds is 9. The maximum Gasteiger partial charge on any atom is 0.216 e.